The van der Waals surface area contributed by atoms with Gasteiger partial charge >= 0.3 is 5.97 Å². The zero-order valence-corrected chi connectivity index (χ0v) is 14.4. The van der Waals surface area contributed by atoms with Crippen LogP contribution in [0.15, 0.2) is 42.5 Å². The molecular formula is C18H15ClN2O5. The van der Waals surface area contributed by atoms with Gasteiger partial charge in [0, 0.05) is 25.2 Å². The molecule has 1 aliphatic rings. The molecule has 0 aliphatic carbocycles. The van der Waals surface area contributed by atoms with Crippen LogP contribution in [0.25, 0.3) is 0 Å². The first-order chi connectivity index (χ1) is 12.5. The largest absolute Gasteiger partial charge is 0.452 e. The van der Waals surface area contributed by atoms with Crippen molar-refractivity contribution in [3.8, 4) is 0 Å². The smallest absolute Gasteiger partial charge is 0.340 e. The highest BCUT2D eigenvalue weighted by Gasteiger charge is 2.22. The number of amides is 1. The van der Waals surface area contributed by atoms with Crippen LogP contribution in [0.4, 0.5) is 5.69 Å². The van der Waals surface area contributed by atoms with E-state index in [1.54, 1.807) is 4.90 Å². The van der Waals surface area contributed by atoms with Crippen molar-refractivity contribution in [1.82, 2.24) is 4.90 Å². The van der Waals surface area contributed by atoms with E-state index in [0.29, 0.717) is 13.1 Å². The molecule has 1 amide bonds. The summed E-state index contributed by atoms with van der Waals surface area (Å²) in [5.74, 6) is -1.10. The van der Waals surface area contributed by atoms with Crippen LogP contribution in [-0.2, 0) is 22.5 Å². The van der Waals surface area contributed by atoms with Crippen molar-refractivity contribution in [3.63, 3.8) is 0 Å². The molecule has 134 valence electrons. The van der Waals surface area contributed by atoms with E-state index in [1.807, 2.05) is 24.3 Å². The normalized spacial score (nSPS) is 13.0. The second-order valence-electron chi connectivity index (χ2n) is 5.83. The molecule has 3 rings (SSSR count). The molecule has 1 heterocycles. The third-order valence-corrected chi connectivity index (χ3v) is 4.51. The number of hydrogen-bond donors (Lipinski definition) is 0. The van der Waals surface area contributed by atoms with Crippen molar-refractivity contribution in [2.24, 2.45) is 0 Å². The van der Waals surface area contributed by atoms with E-state index in [-0.39, 0.29) is 22.2 Å². The predicted molar refractivity (Wildman–Crippen MR) is 94.0 cm³/mol. The maximum absolute atomic E-state index is 12.3. The predicted octanol–water partition coefficient (Wildman–Crippen LogP) is 2.99. The fourth-order valence-corrected chi connectivity index (χ4v) is 3.04. The maximum Gasteiger partial charge on any atom is 0.340 e. The molecule has 2 aromatic rings. The van der Waals surface area contributed by atoms with Gasteiger partial charge in [0.05, 0.1) is 15.5 Å². The lowest BCUT2D eigenvalue weighted by Crippen LogP contribution is -2.38. The number of nitrogens with zero attached hydrogens (tertiary/aromatic N) is 2. The molecule has 7 nitrogen and oxygen atoms in total. The quantitative estimate of drug-likeness (QED) is 0.466. The minimum atomic E-state index is -0.796. The van der Waals surface area contributed by atoms with Crippen LogP contribution in [-0.4, -0.2) is 34.9 Å². The van der Waals surface area contributed by atoms with Gasteiger partial charge in [-0.2, -0.15) is 0 Å². The van der Waals surface area contributed by atoms with E-state index in [9.17, 15) is 19.7 Å². The Bertz CT molecular complexity index is 884. The number of benzene rings is 2. The summed E-state index contributed by atoms with van der Waals surface area (Å²) in [5.41, 5.74) is 2.05. The van der Waals surface area contributed by atoms with E-state index in [2.05, 4.69) is 0 Å². The first-order valence-corrected chi connectivity index (χ1v) is 8.29. The molecule has 8 heteroatoms. The van der Waals surface area contributed by atoms with Crippen molar-refractivity contribution in [2.45, 2.75) is 13.0 Å². The van der Waals surface area contributed by atoms with Gasteiger partial charge in [-0.3, -0.25) is 14.9 Å². The number of esters is 1. The molecule has 0 saturated carbocycles. The van der Waals surface area contributed by atoms with Gasteiger partial charge in [0.25, 0.3) is 11.6 Å². The van der Waals surface area contributed by atoms with Crippen molar-refractivity contribution in [1.29, 1.82) is 0 Å². The van der Waals surface area contributed by atoms with Gasteiger partial charge in [-0.05, 0) is 23.6 Å². The lowest BCUT2D eigenvalue weighted by molar-refractivity contribution is -0.384. The Labute approximate surface area is 154 Å². The number of nitro benzene ring substituents is 1. The van der Waals surface area contributed by atoms with Crippen molar-refractivity contribution in [3.05, 3.63) is 74.3 Å². The van der Waals surface area contributed by atoms with Gasteiger partial charge < -0.3 is 9.64 Å². The van der Waals surface area contributed by atoms with E-state index in [1.165, 1.54) is 11.6 Å². The van der Waals surface area contributed by atoms with Crippen LogP contribution in [0, 0.1) is 10.1 Å². The zero-order chi connectivity index (χ0) is 18.7. The summed E-state index contributed by atoms with van der Waals surface area (Å²) in [4.78, 5) is 36.1. The van der Waals surface area contributed by atoms with Crippen LogP contribution in [0.3, 0.4) is 0 Å². The number of halogens is 1. The summed E-state index contributed by atoms with van der Waals surface area (Å²) in [7, 11) is 0. The van der Waals surface area contributed by atoms with Crippen LogP contribution in [0.2, 0.25) is 5.02 Å². The Hall–Kier alpha value is -2.93. The van der Waals surface area contributed by atoms with E-state index in [0.717, 1.165) is 24.1 Å². The molecule has 0 aromatic heterocycles. The zero-order valence-electron chi connectivity index (χ0n) is 13.7. The second kappa shape index (κ2) is 7.53. The highest BCUT2D eigenvalue weighted by molar-refractivity contribution is 6.33. The fraction of sp³-hybridized carbons (Fsp3) is 0.222. The maximum atomic E-state index is 12.3. The van der Waals surface area contributed by atoms with E-state index in [4.69, 9.17) is 16.3 Å². The van der Waals surface area contributed by atoms with Crippen LogP contribution in [0.1, 0.15) is 21.5 Å². The molecule has 1 aliphatic heterocycles. The van der Waals surface area contributed by atoms with Gasteiger partial charge in [0.1, 0.15) is 0 Å². The Kier molecular flexibility index (Phi) is 5.18. The lowest BCUT2D eigenvalue weighted by Gasteiger charge is -2.28. The van der Waals surface area contributed by atoms with E-state index >= 15 is 0 Å². The Balaban J connectivity index is 1.60. The van der Waals surface area contributed by atoms with Gasteiger partial charge in [-0.25, -0.2) is 4.79 Å². The molecular weight excluding hydrogens is 360 g/mol. The summed E-state index contributed by atoms with van der Waals surface area (Å²) in [6.45, 7) is 0.630. The standard InChI is InChI=1S/C18H15ClN2O5/c19-16-9-14(21(24)25)5-6-15(16)18(23)26-11-17(22)20-8-7-12-3-1-2-4-13(12)10-20/h1-6,9H,7-8,10-11H2. The summed E-state index contributed by atoms with van der Waals surface area (Å²) >= 11 is 5.89. The molecule has 0 N–H and O–H groups in total. The molecule has 2 aromatic carbocycles. The molecule has 0 bridgehead atoms. The molecule has 0 atom stereocenters. The summed E-state index contributed by atoms with van der Waals surface area (Å²) < 4.78 is 5.03. The number of hydrogen-bond acceptors (Lipinski definition) is 5. The van der Waals surface area contributed by atoms with Crippen molar-refractivity contribution < 1.29 is 19.2 Å². The molecule has 0 spiro atoms. The van der Waals surface area contributed by atoms with Gasteiger partial charge in [-0.1, -0.05) is 35.9 Å². The van der Waals surface area contributed by atoms with Crippen LogP contribution >= 0.6 is 11.6 Å². The monoisotopic (exact) mass is 374 g/mol. The highest BCUT2D eigenvalue weighted by Crippen LogP contribution is 2.23. The number of nitro groups is 1. The SMILES string of the molecule is O=C(OCC(=O)N1CCc2ccccc2C1)c1ccc([N+](=O)[O-])cc1Cl. The molecule has 0 saturated heterocycles. The van der Waals surface area contributed by atoms with Crippen molar-refractivity contribution >= 4 is 29.2 Å². The van der Waals surface area contributed by atoms with Gasteiger partial charge in [0.15, 0.2) is 6.61 Å². The first-order valence-electron chi connectivity index (χ1n) is 7.91. The molecule has 26 heavy (non-hydrogen) atoms. The lowest BCUT2D eigenvalue weighted by atomic mass is 10.00. The summed E-state index contributed by atoms with van der Waals surface area (Å²) in [6.07, 6.45) is 0.754. The topological polar surface area (TPSA) is 89.8 Å². The summed E-state index contributed by atoms with van der Waals surface area (Å²) in [5, 5.41) is 10.6. The van der Waals surface area contributed by atoms with E-state index < -0.39 is 17.5 Å². The third-order valence-electron chi connectivity index (χ3n) is 4.19. The van der Waals surface area contributed by atoms with Crippen LogP contribution in [0.5, 0.6) is 0 Å². The first kappa shape index (κ1) is 17.9. The highest BCUT2D eigenvalue weighted by atomic mass is 35.5. The van der Waals surface area contributed by atoms with Crippen molar-refractivity contribution in [2.75, 3.05) is 13.2 Å². The second-order valence-corrected chi connectivity index (χ2v) is 6.24. The number of rotatable bonds is 4. The summed E-state index contributed by atoms with van der Waals surface area (Å²) in [6, 6.07) is 11.3. The number of ether oxygens (including phenoxy) is 1. The Morgan fingerprint density at radius 2 is 1.92 bits per heavy atom. The number of non-ortho nitro benzene ring substituents is 1. The number of carbonyl (C=O) groups excluding carboxylic acids is 2. The molecule has 0 fully saturated rings. The number of carbonyl (C=O) groups is 2. The Morgan fingerprint density at radius 3 is 2.62 bits per heavy atom. The minimum absolute atomic E-state index is 0.0194. The molecule has 0 unspecified atom stereocenters. The minimum Gasteiger partial charge on any atom is -0.452 e. The van der Waals surface area contributed by atoms with Crippen LogP contribution < -0.4 is 0 Å². The number of fused-ring (bicyclic) bond motifs is 1. The average Bonchev–Trinajstić information content (AvgIpc) is 2.65. The van der Waals surface area contributed by atoms with Gasteiger partial charge in [0.2, 0.25) is 0 Å². The fourth-order valence-electron chi connectivity index (χ4n) is 2.79. The Morgan fingerprint density at radius 1 is 1.19 bits per heavy atom. The third kappa shape index (κ3) is 3.83. The molecule has 0 radical (unpaired) electrons. The van der Waals surface area contributed by atoms with Gasteiger partial charge in [-0.15, -0.1) is 0 Å². The average molecular weight is 375 g/mol.